The van der Waals surface area contributed by atoms with Crippen LogP contribution in [0.2, 0.25) is 0 Å². The molecule has 0 aromatic heterocycles. The molecule has 1 N–H and O–H groups in total. The maximum atomic E-state index is 10.5. The van der Waals surface area contributed by atoms with Gasteiger partial charge in [-0.25, -0.2) is 0 Å². The summed E-state index contributed by atoms with van der Waals surface area (Å²) in [6, 6.07) is 0. The number of carbonyl (C=O) groups is 1. The van der Waals surface area contributed by atoms with Crippen molar-refractivity contribution in [3.8, 4) is 0 Å². The minimum Gasteiger partial charge on any atom is -0.481 e. The van der Waals surface area contributed by atoms with Gasteiger partial charge in [0.1, 0.15) is 0 Å². The summed E-state index contributed by atoms with van der Waals surface area (Å²) in [5.74, 6) is -0.744. The number of rotatable bonds is 2. The number of hydrogen-bond donors (Lipinski definition) is 1. The van der Waals surface area contributed by atoms with Gasteiger partial charge in [0.25, 0.3) is 0 Å². The fraction of sp³-hybridized carbons (Fsp3) is 0.750. The molecule has 0 bridgehead atoms. The molecule has 1 heterocycles. The lowest BCUT2D eigenvalue weighted by molar-refractivity contribution is -0.143. The van der Waals surface area contributed by atoms with Crippen LogP contribution in [-0.2, 0) is 4.79 Å². The highest BCUT2D eigenvalue weighted by Gasteiger charge is 2.23. The second kappa shape index (κ2) is 3.72. The van der Waals surface area contributed by atoms with Gasteiger partial charge in [0.05, 0.1) is 5.92 Å². The molecule has 1 fully saturated rings. The van der Waals surface area contributed by atoms with E-state index in [-0.39, 0.29) is 5.92 Å². The Balaban J connectivity index is 2.30. The van der Waals surface area contributed by atoms with Crippen LogP contribution in [-0.4, -0.2) is 29.1 Å². The number of likely N-dealkylation sites (tertiary alicyclic amines) is 1. The Kier molecular flexibility index (Phi) is 2.88. The summed E-state index contributed by atoms with van der Waals surface area (Å²) in [5.41, 5.74) is 0. The van der Waals surface area contributed by atoms with E-state index in [1.165, 1.54) is 0 Å². The van der Waals surface area contributed by atoms with Crippen LogP contribution in [0.1, 0.15) is 19.8 Å². The molecular weight excluding hydrogens is 142 g/mol. The SMILES string of the molecule is C[CH]N1CCC(C(=O)O)CC1. The van der Waals surface area contributed by atoms with Crippen LogP contribution in [0.25, 0.3) is 0 Å². The van der Waals surface area contributed by atoms with Gasteiger partial charge in [-0.05, 0) is 32.9 Å². The van der Waals surface area contributed by atoms with E-state index in [2.05, 4.69) is 4.90 Å². The van der Waals surface area contributed by atoms with E-state index in [0.29, 0.717) is 0 Å². The lowest BCUT2D eigenvalue weighted by Crippen LogP contribution is -2.33. The van der Waals surface area contributed by atoms with E-state index in [0.717, 1.165) is 25.9 Å². The smallest absolute Gasteiger partial charge is 0.306 e. The second-order valence-corrected chi connectivity index (χ2v) is 2.91. The van der Waals surface area contributed by atoms with Gasteiger partial charge in [0, 0.05) is 6.54 Å². The van der Waals surface area contributed by atoms with Crippen LogP contribution >= 0.6 is 0 Å². The Labute approximate surface area is 67.0 Å². The topological polar surface area (TPSA) is 40.5 Å². The van der Waals surface area contributed by atoms with Crippen molar-refractivity contribution in [2.45, 2.75) is 19.8 Å². The van der Waals surface area contributed by atoms with Gasteiger partial charge in [0.2, 0.25) is 0 Å². The monoisotopic (exact) mass is 156 g/mol. The molecule has 0 aromatic rings. The number of carboxylic acids is 1. The van der Waals surface area contributed by atoms with Crippen molar-refractivity contribution in [3.05, 3.63) is 6.54 Å². The lowest BCUT2D eigenvalue weighted by atomic mass is 9.97. The molecule has 0 aromatic carbocycles. The van der Waals surface area contributed by atoms with Gasteiger partial charge in [-0.15, -0.1) is 0 Å². The maximum absolute atomic E-state index is 10.5. The van der Waals surface area contributed by atoms with Gasteiger partial charge in [-0.3, -0.25) is 9.69 Å². The number of aliphatic carboxylic acids is 1. The highest BCUT2D eigenvalue weighted by Crippen LogP contribution is 2.17. The summed E-state index contributed by atoms with van der Waals surface area (Å²) in [7, 11) is 0. The molecule has 1 radical (unpaired) electrons. The molecule has 11 heavy (non-hydrogen) atoms. The van der Waals surface area contributed by atoms with Crippen LogP contribution in [0, 0.1) is 12.5 Å². The number of carboxylic acid groups (broad SMARTS) is 1. The van der Waals surface area contributed by atoms with Gasteiger partial charge in [-0.1, -0.05) is 0 Å². The Morgan fingerprint density at radius 1 is 1.55 bits per heavy atom. The van der Waals surface area contributed by atoms with Gasteiger partial charge >= 0.3 is 5.97 Å². The van der Waals surface area contributed by atoms with Crippen molar-refractivity contribution >= 4 is 5.97 Å². The maximum Gasteiger partial charge on any atom is 0.306 e. The zero-order valence-corrected chi connectivity index (χ0v) is 6.79. The minimum absolute atomic E-state index is 0.105. The van der Waals surface area contributed by atoms with Crippen LogP contribution in [0.5, 0.6) is 0 Å². The molecule has 3 nitrogen and oxygen atoms in total. The predicted octanol–water partition coefficient (Wildman–Crippen LogP) is 0.965. The Bertz CT molecular complexity index is 139. The van der Waals surface area contributed by atoms with Crippen LogP contribution < -0.4 is 0 Å². The third kappa shape index (κ3) is 2.19. The van der Waals surface area contributed by atoms with Crippen molar-refractivity contribution < 1.29 is 9.90 Å². The largest absolute Gasteiger partial charge is 0.481 e. The molecule has 0 unspecified atom stereocenters. The van der Waals surface area contributed by atoms with Crippen molar-refractivity contribution in [1.29, 1.82) is 0 Å². The Morgan fingerprint density at radius 3 is 2.45 bits per heavy atom. The summed E-state index contributed by atoms with van der Waals surface area (Å²) in [5, 5.41) is 8.67. The zero-order valence-electron chi connectivity index (χ0n) is 6.79. The van der Waals surface area contributed by atoms with Gasteiger partial charge in [0.15, 0.2) is 0 Å². The number of piperidine rings is 1. The van der Waals surface area contributed by atoms with Crippen molar-refractivity contribution in [2.75, 3.05) is 13.1 Å². The van der Waals surface area contributed by atoms with Crippen LogP contribution in [0.3, 0.4) is 0 Å². The molecule has 3 heteroatoms. The van der Waals surface area contributed by atoms with Gasteiger partial charge in [-0.2, -0.15) is 0 Å². The van der Waals surface area contributed by atoms with Crippen molar-refractivity contribution in [1.82, 2.24) is 4.90 Å². The van der Waals surface area contributed by atoms with E-state index in [1.807, 2.05) is 13.5 Å². The van der Waals surface area contributed by atoms with E-state index in [4.69, 9.17) is 5.11 Å². The normalized spacial score (nSPS) is 21.9. The highest BCUT2D eigenvalue weighted by atomic mass is 16.4. The molecule has 0 amide bonds. The summed E-state index contributed by atoms with van der Waals surface area (Å²) in [6.45, 7) is 5.81. The first-order valence-electron chi connectivity index (χ1n) is 4.00. The zero-order chi connectivity index (χ0) is 8.27. The number of nitrogens with zero attached hydrogens (tertiary/aromatic N) is 1. The van der Waals surface area contributed by atoms with Gasteiger partial charge < -0.3 is 5.11 Å². The highest BCUT2D eigenvalue weighted by molar-refractivity contribution is 5.70. The standard InChI is InChI=1S/C8H14NO2/c1-2-9-5-3-7(4-6-9)8(10)11/h2,7H,3-6H2,1H3,(H,10,11). The van der Waals surface area contributed by atoms with Crippen LogP contribution in [0.4, 0.5) is 0 Å². The number of hydrogen-bond acceptors (Lipinski definition) is 2. The lowest BCUT2D eigenvalue weighted by Gasteiger charge is -2.28. The van der Waals surface area contributed by atoms with Crippen molar-refractivity contribution in [2.24, 2.45) is 5.92 Å². The molecule has 0 spiro atoms. The quantitative estimate of drug-likeness (QED) is 0.647. The molecule has 63 valence electrons. The van der Waals surface area contributed by atoms with E-state index < -0.39 is 5.97 Å². The first-order valence-corrected chi connectivity index (χ1v) is 4.00. The van der Waals surface area contributed by atoms with E-state index in [1.54, 1.807) is 0 Å². The summed E-state index contributed by atoms with van der Waals surface area (Å²) < 4.78 is 0. The molecule has 0 saturated carbocycles. The average molecular weight is 156 g/mol. The van der Waals surface area contributed by atoms with Crippen molar-refractivity contribution in [3.63, 3.8) is 0 Å². The summed E-state index contributed by atoms with van der Waals surface area (Å²) in [4.78, 5) is 12.7. The third-order valence-corrected chi connectivity index (χ3v) is 2.24. The van der Waals surface area contributed by atoms with E-state index >= 15 is 0 Å². The molecule has 0 aliphatic carbocycles. The molecular formula is C8H14NO2. The Morgan fingerprint density at radius 2 is 2.09 bits per heavy atom. The van der Waals surface area contributed by atoms with E-state index in [9.17, 15) is 4.79 Å². The first kappa shape index (κ1) is 8.53. The predicted molar refractivity (Wildman–Crippen MR) is 41.9 cm³/mol. The average Bonchev–Trinajstić information content (AvgIpc) is 2.05. The fourth-order valence-corrected chi connectivity index (χ4v) is 1.40. The minimum atomic E-state index is -0.638. The summed E-state index contributed by atoms with van der Waals surface area (Å²) in [6.07, 6.45) is 1.58. The van der Waals surface area contributed by atoms with Crippen LogP contribution in [0.15, 0.2) is 0 Å². The second-order valence-electron chi connectivity index (χ2n) is 2.91. The summed E-state index contributed by atoms with van der Waals surface area (Å²) >= 11 is 0. The molecule has 1 aliphatic rings. The molecule has 1 rings (SSSR count). The first-order chi connectivity index (χ1) is 5.24. The fourth-order valence-electron chi connectivity index (χ4n) is 1.40. The molecule has 1 aliphatic heterocycles. The third-order valence-electron chi connectivity index (χ3n) is 2.24. The molecule has 0 atom stereocenters. The Hall–Kier alpha value is -0.570. The molecule has 1 saturated heterocycles.